The van der Waals surface area contributed by atoms with Gasteiger partial charge >= 0.3 is 0 Å². The molecule has 0 saturated carbocycles. The van der Waals surface area contributed by atoms with Gasteiger partial charge in [0, 0.05) is 31.5 Å². The summed E-state index contributed by atoms with van der Waals surface area (Å²) < 4.78 is 1.82. The summed E-state index contributed by atoms with van der Waals surface area (Å²) >= 11 is 6.35. The van der Waals surface area contributed by atoms with Crippen LogP contribution in [0.2, 0.25) is 5.02 Å². The number of halogens is 1. The van der Waals surface area contributed by atoms with Crippen LogP contribution in [0.3, 0.4) is 0 Å². The Kier molecular flexibility index (Phi) is 4.35. The quantitative estimate of drug-likeness (QED) is 0.942. The average Bonchev–Trinajstić information content (AvgIpc) is 2.68. The number of para-hydroxylation sites is 1. The number of nitrogens with zero attached hydrogens (tertiary/aromatic N) is 2. The zero-order chi connectivity index (χ0) is 14.9. The van der Waals surface area contributed by atoms with Crippen molar-refractivity contribution in [3.05, 3.63) is 35.0 Å². The van der Waals surface area contributed by atoms with Gasteiger partial charge in [0.1, 0.15) is 5.69 Å². The van der Waals surface area contributed by atoms with E-state index < -0.39 is 6.10 Å². The zero-order valence-electron chi connectivity index (χ0n) is 11.9. The minimum atomic E-state index is -0.423. The molecule has 20 heavy (non-hydrogen) atoms. The summed E-state index contributed by atoms with van der Waals surface area (Å²) in [5, 5.41) is 10.7. The molecule has 0 fully saturated rings. The maximum absolute atomic E-state index is 12.5. The third kappa shape index (κ3) is 2.67. The third-order valence-corrected chi connectivity index (χ3v) is 3.86. The molecule has 1 aromatic carbocycles. The van der Waals surface area contributed by atoms with Gasteiger partial charge in [-0.25, -0.2) is 0 Å². The smallest absolute Gasteiger partial charge is 0.271 e. The van der Waals surface area contributed by atoms with Crippen molar-refractivity contribution in [2.75, 3.05) is 13.6 Å². The monoisotopic (exact) mass is 294 g/mol. The van der Waals surface area contributed by atoms with Gasteiger partial charge in [-0.15, -0.1) is 0 Å². The van der Waals surface area contributed by atoms with Crippen molar-refractivity contribution in [3.8, 4) is 0 Å². The molecule has 108 valence electrons. The number of aryl methyl sites for hydroxylation is 1. The van der Waals surface area contributed by atoms with Crippen molar-refractivity contribution in [2.24, 2.45) is 7.05 Å². The Hall–Kier alpha value is -1.52. The number of benzene rings is 1. The first kappa shape index (κ1) is 14.9. The molecule has 4 nitrogen and oxygen atoms in total. The van der Waals surface area contributed by atoms with Gasteiger partial charge in [0.25, 0.3) is 5.91 Å². The highest BCUT2D eigenvalue weighted by Crippen LogP contribution is 2.30. The van der Waals surface area contributed by atoms with Crippen LogP contribution in [0.1, 0.15) is 23.8 Å². The Morgan fingerprint density at radius 2 is 2.10 bits per heavy atom. The van der Waals surface area contributed by atoms with E-state index in [1.807, 2.05) is 35.9 Å². The Bertz CT molecular complexity index is 595. The van der Waals surface area contributed by atoms with Crippen molar-refractivity contribution in [1.29, 1.82) is 0 Å². The first-order valence-electron chi connectivity index (χ1n) is 6.60. The van der Waals surface area contributed by atoms with Gasteiger partial charge in [-0.2, -0.15) is 0 Å². The molecule has 1 unspecified atom stereocenters. The predicted molar refractivity (Wildman–Crippen MR) is 81.2 cm³/mol. The van der Waals surface area contributed by atoms with Gasteiger partial charge in [0.15, 0.2) is 0 Å². The number of amides is 1. The maximum Gasteiger partial charge on any atom is 0.271 e. The standard InChI is InChI=1S/C15H19ClN2O2/c1-10(19)8-9-17(2)15(20)14-13(16)11-6-4-5-7-12(11)18(14)3/h4-7,10,19H,8-9H2,1-3H3. The Balaban J connectivity index is 2.35. The van der Waals surface area contributed by atoms with E-state index in [0.717, 1.165) is 10.9 Å². The van der Waals surface area contributed by atoms with Gasteiger partial charge in [0.05, 0.1) is 11.1 Å². The molecule has 0 radical (unpaired) electrons. The molecule has 0 aliphatic carbocycles. The van der Waals surface area contributed by atoms with Crippen molar-refractivity contribution >= 4 is 28.4 Å². The van der Waals surface area contributed by atoms with Crippen LogP contribution < -0.4 is 0 Å². The molecule has 1 aromatic heterocycles. The van der Waals surface area contributed by atoms with E-state index in [1.165, 1.54) is 0 Å². The molecule has 5 heteroatoms. The Morgan fingerprint density at radius 3 is 2.70 bits per heavy atom. The summed E-state index contributed by atoms with van der Waals surface area (Å²) in [4.78, 5) is 14.1. The summed E-state index contributed by atoms with van der Waals surface area (Å²) in [5.74, 6) is -0.130. The highest BCUT2D eigenvalue weighted by atomic mass is 35.5. The van der Waals surface area contributed by atoms with Crippen LogP contribution in [0, 0.1) is 0 Å². The lowest BCUT2D eigenvalue weighted by Crippen LogP contribution is -2.31. The second-order valence-electron chi connectivity index (χ2n) is 5.10. The van der Waals surface area contributed by atoms with Crippen molar-refractivity contribution < 1.29 is 9.90 Å². The van der Waals surface area contributed by atoms with E-state index in [-0.39, 0.29) is 5.91 Å². The lowest BCUT2D eigenvalue weighted by Gasteiger charge is -2.18. The molecule has 1 heterocycles. The molecule has 2 aromatic rings. The minimum Gasteiger partial charge on any atom is -0.393 e. The van der Waals surface area contributed by atoms with Crippen molar-refractivity contribution in [1.82, 2.24) is 9.47 Å². The van der Waals surface area contributed by atoms with Crippen molar-refractivity contribution in [3.63, 3.8) is 0 Å². The molecule has 1 N–H and O–H groups in total. The van der Waals surface area contributed by atoms with E-state index in [1.54, 1.807) is 18.9 Å². The SMILES string of the molecule is CC(O)CCN(C)C(=O)c1c(Cl)c2ccccc2n1C. The summed E-state index contributed by atoms with van der Waals surface area (Å²) in [6.07, 6.45) is 0.122. The van der Waals surface area contributed by atoms with Crippen LogP contribution in [0.4, 0.5) is 0 Å². The molecule has 0 saturated heterocycles. The fourth-order valence-corrected chi connectivity index (χ4v) is 2.61. The highest BCUT2D eigenvalue weighted by Gasteiger charge is 2.22. The largest absolute Gasteiger partial charge is 0.393 e. The van der Waals surface area contributed by atoms with Gasteiger partial charge in [0.2, 0.25) is 0 Å². The normalized spacial score (nSPS) is 12.7. The van der Waals surface area contributed by atoms with Gasteiger partial charge in [-0.3, -0.25) is 4.79 Å². The fraction of sp³-hybridized carbons (Fsp3) is 0.400. The van der Waals surface area contributed by atoms with Crippen LogP contribution in [-0.2, 0) is 7.05 Å². The lowest BCUT2D eigenvalue weighted by molar-refractivity contribution is 0.0760. The zero-order valence-corrected chi connectivity index (χ0v) is 12.7. The number of aliphatic hydroxyl groups excluding tert-OH is 1. The van der Waals surface area contributed by atoms with Crippen LogP contribution in [-0.4, -0.2) is 40.2 Å². The molecular formula is C15H19ClN2O2. The molecule has 1 atom stereocenters. The van der Waals surface area contributed by atoms with Gasteiger partial charge in [-0.1, -0.05) is 29.8 Å². The first-order valence-corrected chi connectivity index (χ1v) is 6.97. The van der Waals surface area contributed by atoms with E-state index >= 15 is 0 Å². The van der Waals surface area contributed by atoms with E-state index in [9.17, 15) is 9.90 Å². The number of rotatable bonds is 4. The summed E-state index contributed by atoms with van der Waals surface area (Å²) in [5.41, 5.74) is 1.42. The molecule has 0 aliphatic rings. The second kappa shape index (κ2) is 5.85. The summed E-state index contributed by atoms with van der Waals surface area (Å²) in [6.45, 7) is 2.20. The number of aliphatic hydroxyl groups is 1. The second-order valence-corrected chi connectivity index (χ2v) is 5.48. The summed E-state index contributed by atoms with van der Waals surface area (Å²) in [7, 11) is 3.56. The number of fused-ring (bicyclic) bond motifs is 1. The van der Waals surface area contributed by atoms with Crippen LogP contribution in [0.15, 0.2) is 24.3 Å². The molecule has 1 amide bonds. The number of carbonyl (C=O) groups excluding carboxylic acids is 1. The molecule has 0 spiro atoms. The Morgan fingerprint density at radius 1 is 1.45 bits per heavy atom. The predicted octanol–water partition coefficient (Wildman–Crippen LogP) is 2.67. The highest BCUT2D eigenvalue weighted by molar-refractivity contribution is 6.38. The van der Waals surface area contributed by atoms with E-state index in [4.69, 9.17) is 11.6 Å². The van der Waals surface area contributed by atoms with Crippen LogP contribution >= 0.6 is 11.6 Å². The number of hydrogen-bond acceptors (Lipinski definition) is 2. The lowest BCUT2D eigenvalue weighted by atomic mass is 10.2. The molecule has 0 bridgehead atoms. The maximum atomic E-state index is 12.5. The molecular weight excluding hydrogens is 276 g/mol. The third-order valence-electron chi connectivity index (χ3n) is 3.48. The molecule has 0 aliphatic heterocycles. The topological polar surface area (TPSA) is 45.5 Å². The first-order chi connectivity index (χ1) is 9.43. The van der Waals surface area contributed by atoms with Gasteiger partial charge in [-0.05, 0) is 19.4 Å². The number of hydrogen-bond donors (Lipinski definition) is 1. The fourth-order valence-electron chi connectivity index (χ4n) is 2.25. The Labute approximate surface area is 123 Å². The number of carbonyl (C=O) groups is 1. The van der Waals surface area contributed by atoms with Crippen molar-refractivity contribution in [2.45, 2.75) is 19.4 Å². The average molecular weight is 295 g/mol. The van der Waals surface area contributed by atoms with Gasteiger partial charge < -0.3 is 14.6 Å². The van der Waals surface area contributed by atoms with Crippen LogP contribution in [0.25, 0.3) is 10.9 Å². The molecule has 2 rings (SSSR count). The van der Waals surface area contributed by atoms with E-state index in [2.05, 4.69) is 0 Å². The summed E-state index contributed by atoms with van der Waals surface area (Å²) in [6, 6.07) is 7.67. The number of aromatic nitrogens is 1. The minimum absolute atomic E-state index is 0.130. The van der Waals surface area contributed by atoms with E-state index in [0.29, 0.717) is 23.7 Å². The van der Waals surface area contributed by atoms with Crippen LogP contribution in [0.5, 0.6) is 0 Å².